The highest BCUT2D eigenvalue weighted by atomic mass is 79.9. The molecule has 0 amide bonds. The van der Waals surface area contributed by atoms with E-state index in [1.807, 2.05) is 12.3 Å². The molecule has 4 heteroatoms. The lowest BCUT2D eigenvalue weighted by atomic mass is 10.0. The van der Waals surface area contributed by atoms with Crippen molar-refractivity contribution >= 4 is 21.7 Å². The summed E-state index contributed by atoms with van der Waals surface area (Å²) in [5, 5.41) is 3.44. The van der Waals surface area contributed by atoms with E-state index in [-0.39, 0.29) is 5.54 Å². The Hall–Kier alpha value is -0.610. The summed E-state index contributed by atoms with van der Waals surface area (Å²) in [4.78, 5) is 4.33. The Morgan fingerprint density at radius 3 is 3.07 bits per heavy atom. The Morgan fingerprint density at radius 1 is 1.60 bits per heavy atom. The zero-order valence-corrected chi connectivity index (χ0v) is 10.6. The normalized spacial score (nSPS) is 25.5. The molecule has 15 heavy (non-hydrogen) atoms. The third kappa shape index (κ3) is 2.32. The quantitative estimate of drug-likeness (QED) is 0.898. The minimum atomic E-state index is 0.0172. The largest absolute Gasteiger partial charge is 0.379 e. The Kier molecular flexibility index (Phi) is 2.98. The monoisotopic (exact) mass is 270 g/mol. The van der Waals surface area contributed by atoms with Gasteiger partial charge in [-0.3, -0.25) is 0 Å². The molecule has 82 valence electrons. The van der Waals surface area contributed by atoms with Crippen LogP contribution in [0.1, 0.15) is 18.9 Å². The third-order valence-corrected chi connectivity index (χ3v) is 3.72. The van der Waals surface area contributed by atoms with Crippen molar-refractivity contribution in [3.8, 4) is 0 Å². The van der Waals surface area contributed by atoms with E-state index in [0.29, 0.717) is 0 Å². The Bertz CT molecular complexity index is 362. The van der Waals surface area contributed by atoms with Gasteiger partial charge in [-0.2, -0.15) is 0 Å². The van der Waals surface area contributed by atoms with Gasteiger partial charge in [-0.15, -0.1) is 0 Å². The number of halogens is 1. The fourth-order valence-corrected chi connectivity index (χ4v) is 2.01. The predicted molar refractivity (Wildman–Crippen MR) is 64.1 cm³/mol. The van der Waals surface area contributed by atoms with Crippen LogP contribution in [-0.4, -0.2) is 23.7 Å². The maximum atomic E-state index is 5.40. The van der Waals surface area contributed by atoms with Gasteiger partial charge in [0, 0.05) is 12.8 Å². The Labute approximate surface area is 98.4 Å². The van der Waals surface area contributed by atoms with Crippen LogP contribution in [-0.2, 0) is 4.74 Å². The number of ether oxygens (including phenoxy) is 1. The molecule has 0 saturated carbocycles. The van der Waals surface area contributed by atoms with Crippen molar-refractivity contribution in [2.75, 3.05) is 18.5 Å². The number of hydrogen-bond acceptors (Lipinski definition) is 3. The number of hydrogen-bond donors (Lipinski definition) is 1. The van der Waals surface area contributed by atoms with Crippen LogP contribution >= 0.6 is 15.9 Å². The van der Waals surface area contributed by atoms with Gasteiger partial charge in [0.25, 0.3) is 0 Å². The van der Waals surface area contributed by atoms with E-state index in [9.17, 15) is 0 Å². The second-order valence-electron chi connectivity index (χ2n) is 4.28. The van der Waals surface area contributed by atoms with E-state index in [0.717, 1.165) is 29.9 Å². The highest BCUT2D eigenvalue weighted by molar-refractivity contribution is 9.10. The molecule has 0 spiro atoms. The highest BCUT2D eigenvalue weighted by Crippen LogP contribution is 2.29. The lowest BCUT2D eigenvalue weighted by molar-refractivity contribution is 0.185. The van der Waals surface area contributed by atoms with E-state index >= 15 is 0 Å². The van der Waals surface area contributed by atoms with Gasteiger partial charge < -0.3 is 10.1 Å². The Morgan fingerprint density at radius 2 is 2.40 bits per heavy atom. The summed E-state index contributed by atoms with van der Waals surface area (Å²) in [5.41, 5.74) is 1.21. The first-order chi connectivity index (χ1) is 7.11. The lowest BCUT2D eigenvalue weighted by Gasteiger charge is -2.25. The van der Waals surface area contributed by atoms with Gasteiger partial charge in [-0.25, -0.2) is 4.98 Å². The van der Waals surface area contributed by atoms with Crippen LogP contribution in [0.5, 0.6) is 0 Å². The van der Waals surface area contributed by atoms with E-state index in [4.69, 9.17) is 4.74 Å². The second-order valence-corrected chi connectivity index (χ2v) is 5.07. The minimum Gasteiger partial charge on any atom is -0.379 e. The molecule has 0 aromatic carbocycles. The number of nitrogens with zero attached hydrogens (tertiary/aromatic N) is 1. The molecular formula is C11H15BrN2O. The second kappa shape index (κ2) is 4.10. The Balaban J connectivity index is 2.20. The molecule has 1 fully saturated rings. The van der Waals surface area contributed by atoms with Gasteiger partial charge in [0.15, 0.2) is 0 Å². The predicted octanol–water partition coefficient (Wildman–Crippen LogP) is 2.74. The number of aromatic nitrogens is 1. The smallest absolute Gasteiger partial charge is 0.141 e. The fourth-order valence-electron chi connectivity index (χ4n) is 1.68. The van der Waals surface area contributed by atoms with Crippen molar-refractivity contribution in [1.82, 2.24) is 4.98 Å². The molecular weight excluding hydrogens is 256 g/mol. The van der Waals surface area contributed by atoms with Crippen LogP contribution in [0.15, 0.2) is 16.7 Å². The molecule has 2 rings (SSSR count). The van der Waals surface area contributed by atoms with Crippen LogP contribution in [0.2, 0.25) is 0 Å². The zero-order chi connectivity index (χ0) is 10.9. The summed E-state index contributed by atoms with van der Waals surface area (Å²) in [7, 11) is 0. The van der Waals surface area contributed by atoms with E-state index in [1.165, 1.54) is 5.56 Å². The molecule has 1 aliphatic rings. The summed E-state index contributed by atoms with van der Waals surface area (Å²) in [5.74, 6) is 0.906. The number of rotatable bonds is 2. The number of pyridine rings is 1. The molecule has 1 aromatic rings. The van der Waals surface area contributed by atoms with Gasteiger partial charge in [0.1, 0.15) is 5.82 Å². The van der Waals surface area contributed by atoms with Gasteiger partial charge in [0.2, 0.25) is 0 Å². The summed E-state index contributed by atoms with van der Waals surface area (Å²) in [6, 6.07) is 1.99. The summed E-state index contributed by atoms with van der Waals surface area (Å²) < 4.78 is 6.44. The summed E-state index contributed by atoms with van der Waals surface area (Å²) in [6.07, 6.45) is 2.84. The van der Waals surface area contributed by atoms with Crippen molar-refractivity contribution in [3.05, 3.63) is 22.3 Å². The van der Waals surface area contributed by atoms with Gasteiger partial charge in [-0.05, 0) is 47.8 Å². The molecule has 2 heterocycles. The van der Waals surface area contributed by atoms with E-state index < -0.39 is 0 Å². The molecule has 1 N–H and O–H groups in total. The first-order valence-corrected chi connectivity index (χ1v) is 5.87. The fraction of sp³-hybridized carbons (Fsp3) is 0.545. The van der Waals surface area contributed by atoms with Crippen LogP contribution in [0, 0.1) is 6.92 Å². The first kappa shape index (κ1) is 10.9. The van der Waals surface area contributed by atoms with Crippen molar-refractivity contribution in [2.45, 2.75) is 25.8 Å². The number of nitrogens with one attached hydrogen (secondary N) is 1. The van der Waals surface area contributed by atoms with E-state index in [2.05, 4.69) is 40.1 Å². The van der Waals surface area contributed by atoms with Crippen molar-refractivity contribution in [3.63, 3.8) is 0 Å². The number of aryl methyl sites for hydroxylation is 1. The topological polar surface area (TPSA) is 34.2 Å². The van der Waals surface area contributed by atoms with Gasteiger partial charge in [-0.1, -0.05) is 0 Å². The zero-order valence-electron chi connectivity index (χ0n) is 9.01. The third-order valence-electron chi connectivity index (χ3n) is 2.72. The first-order valence-electron chi connectivity index (χ1n) is 5.08. The standard InChI is InChI=1S/C11H15BrN2O/c1-8-3-5-13-10(9(8)12)14-11(2)4-6-15-7-11/h3,5H,4,6-7H2,1-2H3,(H,13,14). The summed E-state index contributed by atoms with van der Waals surface area (Å²) >= 11 is 3.55. The molecule has 3 nitrogen and oxygen atoms in total. The van der Waals surface area contributed by atoms with Crippen molar-refractivity contribution in [2.24, 2.45) is 0 Å². The molecule has 0 bridgehead atoms. The van der Waals surface area contributed by atoms with Crippen molar-refractivity contribution < 1.29 is 4.74 Å². The minimum absolute atomic E-state index is 0.0172. The molecule has 0 aliphatic carbocycles. The van der Waals surface area contributed by atoms with Gasteiger partial charge >= 0.3 is 0 Å². The van der Waals surface area contributed by atoms with Crippen LogP contribution in [0.4, 0.5) is 5.82 Å². The van der Waals surface area contributed by atoms with E-state index in [1.54, 1.807) is 0 Å². The van der Waals surface area contributed by atoms with Crippen LogP contribution in [0.3, 0.4) is 0 Å². The van der Waals surface area contributed by atoms with Crippen molar-refractivity contribution in [1.29, 1.82) is 0 Å². The number of anilines is 1. The molecule has 1 aliphatic heterocycles. The average molecular weight is 271 g/mol. The molecule has 0 radical (unpaired) electrons. The van der Waals surface area contributed by atoms with Crippen LogP contribution < -0.4 is 5.32 Å². The maximum Gasteiger partial charge on any atom is 0.141 e. The maximum absolute atomic E-state index is 5.40. The summed E-state index contributed by atoms with van der Waals surface area (Å²) in [6.45, 7) is 5.79. The average Bonchev–Trinajstić information content (AvgIpc) is 2.60. The lowest BCUT2D eigenvalue weighted by Crippen LogP contribution is -2.35. The SMILES string of the molecule is Cc1ccnc(NC2(C)CCOC2)c1Br. The molecule has 1 unspecified atom stereocenters. The molecule has 1 saturated heterocycles. The van der Waals surface area contributed by atoms with Gasteiger partial charge in [0.05, 0.1) is 16.6 Å². The van der Waals surface area contributed by atoms with Crippen LogP contribution in [0.25, 0.3) is 0 Å². The molecule has 1 atom stereocenters. The highest BCUT2D eigenvalue weighted by Gasteiger charge is 2.30. The molecule has 1 aromatic heterocycles.